The topological polar surface area (TPSA) is 77.4 Å². The normalized spacial score (nSPS) is 11.9. The predicted octanol–water partition coefficient (Wildman–Crippen LogP) is 2.93. The Labute approximate surface area is 165 Å². The molecule has 1 aromatic heterocycles. The van der Waals surface area contributed by atoms with Gasteiger partial charge in [0.2, 0.25) is 5.91 Å². The van der Waals surface area contributed by atoms with Gasteiger partial charge in [-0.25, -0.2) is 0 Å². The minimum atomic E-state index is -0.709. The Balaban J connectivity index is 2.37. The van der Waals surface area contributed by atoms with E-state index >= 15 is 0 Å². The van der Waals surface area contributed by atoms with E-state index in [0.29, 0.717) is 12.8 Å². The molecular formula is C22H28N2O4. The van der Waals surface area contributed by atoms with Crippen LogP contribution in [0.25, 0.3) is 0 Å². The number of hydrogen-bond acceptors (Lipinski definition) is 4. The number of ether oxygens (including phenoxy) is 1. The lowest BCUT2D eigenvalue weighted by Crippen LogP contribution is -2.40. The van der Waals surface area contributed by atoms with Crippen molar-refractivity contribution in [1.82, 2.24) is 9.88 Å². The molecule has 0 spiro atoms. The second-order valence-electron chi connectivity index (χ2n) is 7.18. The van der Waals surface area contributed by atoms with E-state index in [1.807, 2.05) is 38.1 Å². The molecule has 0 saturated heterocycles. The lowest BCUT2D eigenvalue weighted by Gasteiger charge is -2.19. The van der Waals surface area contributed by atoms with Crippen LogP contribution in [-0.4, -0.2) is 29.4 Å². The highest BCUT2D eigenvalue weighted by Crippen LogP contribution is 2.20. The van der Waals surface area contributed by atoms with Crippen LogP contribution in [0.15, 0.2) is 41.3 Å². The molecule has 0 fully saturated rings. The fourth-order valence-electron chi connectivity index (χ4n) is 3.06. The summed E-state index contributed by atoms with van der Waals surface area (Å²) in [6.07, 6.45) is 2.97. The van der Waals surface area contributed by atoms with Gasteiger partial charge in [-0.3, -0.25) is 14.4 Å². The minimum absolute atomic E-state index is 0.0355. The molecular weight excluding hydrogens is 356 g/mol. The van der Waals surface area contributed by atoms with Crippen LogP contribution in [0.4, 0.5) is 0 Å². The van der Waals surface area contributed by atoms with Crippen molar-refractivity contribution in [2.75, 3.05) is 7.11 Å². The summed E-state index contributed by atoms with van der Waals surface area (Å²) < 4.78 is 6.74. The van der Waals surface area contributed by atoms with Crippen LogP contribution in [0, 0.1) is 0 Å². The van der Waals surface area contributed by atoms with Gasteiger partial charge < -0.3 is 14.6 Å². The van der Waals surface area contributed by atoms with Crippen molar-refractivity contribution in [3.63, 3.8) is 0 Å². The van der Waals surface area contributed by atoms with Gasteiger partial charge in [0.05, 0.1) is 12.7 Å². The maximum absolute atomic E-state index is 12.7. The Morgan fingerprint density at radius 3 is 2.43 bits per heavy atom. The fourth-order valence-corrected chi connectivity index (χ4v) is 3.06. The lowest BCUT2D eigenvalue weighted by atomic mass is 10.0. The zero-order chi connectivity index (χ0) is 20.8. The van der Waals surface area contributed by atoms with Gasteiger partial charge in [0, 0.05) is 12.2 Å². The van der Waals surface area contributed by atoms with Crippen LogP contribution >= 0.6 is 0 Å². The monoisotopic (exact) mass is 384 g/mol. The van der Waals surface area contributed by atoms with Crippen molar-refractivity contribution in [2.45, 2.75) is 52.6 Å². The molecule has 0 saturated carbocycles. The molecule has 28 heavy (non-hydrogen) atoms. The number of rotatable bonds is 8. The summed E-state index contributed by atoms with van der Waals surface area (Å²) >= 11 is 0. The molecule has 1 unspecified atom stereocenters. The van der Waals surface area contributed by atoms with E-state index in [1.165, 1.54) is 11.5 Å². The van der Waals surface area contributed by atoms with Crippen molar-refractivity contribution in [3.05, 3.63) is 63.6 Å². The smallest absolute Gasteiger partial charge is 0.262 e. The molecule has 6 heteroatoms. The number of carbonyl (C=O) groups excluding carboxylic acids is 2. The Bertz CT molecular complexity index is 915. The van der Waals surface area contributed by atoms with E-state index in [1.54, 1.807) is 26.3 Å². The number of nitrogens with zero attached hydrogens (tertiary/aromatic N) is 1. The molecule has 2 rings (SSSR count). The molecule has 0 aliphatic rings. The summed E-state index contributed by atoms with van der Waals surface area (Å²) in [7, 11) is 1.63. The molecule has 1 heterocycles. The molecule has 1 N–H and O–H groups in total. The maximum Gasteiger partial charge on any atom is 0.262 e. The number of benzene rings is 1. The third-order valence-electron chi connectivity index (χ3n) is 4.58. The number of aryl methyl sites for hydroxylation is 2. The van der Waals surface area contributed by atoms with Crippen LogP contribution in [0.3, 0.4) is 0 Å². The largest absolute Gasteiger partial charge is 0.496 e. The number of ketones is 1. The Morgan fingerprint density at radius 1 is 1.14 bits per heavy atom. The SMILES string of the molecule is COc1ccccc1CCc1cc(C(C)=O)c(=O)n(C(C)C(=O)NC(C)C)c1. The third kappa shape index (κ3) is 5.09. The molecule has 6 nitrogen and oxygen atoms in total. The molecule has 0 radical (unpaired) electrons. The van der Waals surface area contributed by atoms with Gasteiger partial charge >= 0.3 is 0 Å². The number of carbonyl (C=O) groups is 2. The van der Waals surface area contributed by atoms with E-state index in [2.05, 4.69) is 5.32 Å². The first-order valence-corrected chi connectivity index (χ1v) is 9.42. The highest BCUT2D eigenvalue weighted by atomic mass is 16.5. The van der Waals surface area contributed by atoms with Crippen LogP contribution in [0.5, 0.6) is 5.75 Å². The van der Waals surface area contributed by atoms with Crippen LogP contribution in [-0.2, 0) is 17.6 Å². The summed E-state index contributed by atoms with van der Waals surface area (Å²) in [5.41, 5.74) is 1.51. The average Bonchev–Trinajstić information content (AvgIpc) is 2.65. The van der Waals surface area contributed by atoms with Crippen molar-refractivity contribution >= 4 is 11.7 Å². The standard InChI is InChI=1S/C22H28N2O4/c1-14(2)23-21(26)15(3)24-13-17(12-19(16(4)25)22(24)27)10-11-18-8-6-7-9-20(18)28-5/h6-9,12-15H,10-11H2,1-5H3,(H,23,26). The summed E-state index contributed by atoms with van der Waals surface area (Å²) in [4.78, 5) is 37.1. The van der Waals surface area contributed by atoms with Crippen molar-refractivity contribution in [1.29, 1.82) is 0 Å². The second-order valence-corrected chi connectivity index (χ2v) is 7.18. The maximum atomic E-state index is 12.7. The molecule has 0 bridgehead atoms. The fraction of sp³-hybridized carbons (Fsp3) is 0.409. The molecule has 1 atom stereocenters. The van der Waals surface area contributed by atoms with E-state index in [-0.39, 0.29) is 23.3 Å². The van der Waals surface area contributed by atoms with Gasteiger partial charge in [0.15, 0.2) is 5.78 Å². The van der Waals surface area contributed by atoms with Gasteiger partial charge in [0.1, 0.15) is 11.8 Å². The van der Waals surface area contributed by atoms with E-state index in [0.717, 1.165) is 16.9 Å². The molecule has 1 amide bonds. The molecule has 0 aliphatic heterocycles. The van der Waals surface area contributed by atoms with Crippen LogP contribution in [0.1, 0.15) is 55.2 Å². The molecule has 1 aromatic carbocycles. The third-order valence-corrected chi connectivity index (χ3v) is 4.58. The average molecular weight is 384 g/mol. The summed E-state index contributed by atoms with van der Waals surface area (Å²) in [6.45, 7) is 6.74. The first-order valence-electron chi connectivity index (χ1n) is 9.42. The van der Waals surface area contributed by atoms with Gasteiger partial charge in [-0.05, 0) is 63.8 Å². The Hall–Kier alpha value is -2.89. The zero-order valence-electron chi connectivity index (χ0n) is 17.1. The highest BCUT2D eigenvalue weighted by Gasteiger charge is 2.20. The van der Waals surface area contributed by atoms with E-state index in [4.69, 9.17) is 4.74 Å². The van der Waals surface area contributed by atoms with Gasteiger partial charge in [-0.2, -0.15) is 0 Å². The van der Waals surface area contributed by atoms with Gasteiger partial charge in [0.25, 0.3) is 5.56 Å². The summed E-state index contributed by atoms with van der Waals surface area (Å²) in [5.74, 6) is 0.232. The molecule has 2 aromatic rings. The van der Waals surface area contributed by atoms with Crippen LogP contribution < -0.4 is 15.6 Å². The predicted molar refractivity (Wildman–Crippen MR) is 109 cm³/mol. The van der Waals surface area contributed by atoms with Crippen molar-refractivity contribution in [3.8, 4) is 5.75 Å². The Morgan fingerprint density at radius 2 is 1.82 bits per heavy atom. The summed E-state index contributed by atoms with van der Waals surface area (Å²) in [5, 5.41) is 2.81. The first kappa shape index (κ1) is 21.4. The highest BCUT2D eigenvalue weighted by molar-refractivity contribution is 5.94. The van der Waals surface area contributed by atoms with E-state index < -0.39 is 11.6 Å². The number of Topliss-reactive ketones (excluding diaryl/α,β-unsaturated/α-hetero) is 1. The van der Waals surface area contributed by atoms with Crippen LogP contribution in [0.2, 0.25) is 0 Å². The number of para-hydroxylation sites is 1. The van der Waals surface area contributed by atoms with Gasteiger partial charge in [-0.15, -0.1) is 0 Å². The summed E-state index contributed by atoms with van der Waals surface area (Å²) in [6, 6.07) is 8.62. The number of nitrogens with one attached hydrogen (secondary N) is 1. The van der Waals surface area contributed by atoms with Crippen molar-refractivity contribution in [2.24, 2.45) is 0 Å². The number of aromatic nitrogens is 1. The van der Waals surface area contributed by atoms with Gasteiger partial charge in [-0.1, -0.05) is 18.2 Å². The number of amides is 1. The van der Waals surface area contributed by atoms with E-state index in [9.17, 15) is 14.4 Å². The molecule has 0 aliphatic carbocycles. The minimum Gasteiger partial charge on any atom is -0.496 e. The Kier molecular flexibility index (Phi) is 7.15. The lowest BCUT2D eigenvalue weighted by molar-refractivity contribution is -0.124. The number of pyridine rings is 1. The first-order chi connectivity index (χ1) is 13.2. The second kappa shape index (κ2) is 9.35. The van der Waals surface area contributed by atoms with Crippen molar-refractivity contribution < 1.29 is 14.3 Å². The molecule has 150 valence electrons. The number of hydrogen-bond donors (Lipinski definition) is 1. The number of methoxy groups -OCH3 is 1. The quantitative estimate of drug-likeness (QED) is 0.710. The zero-order valence-corrected chi connectivity index (χ0v) is 17.1.